The monoisotopic (exact) mass is 296 g/mol. The first-order valence-electron chi connectivity index (χ1n) is 5.61. The Bertz CT molecular complexity index is 608. The van der Waals surface area contributed by atoms with Crippen molar-refractivity contribution in [2.24, 2.45) is 0 Å². The van der Waals surface area contributed by atoms with Crippen molar-refractivity contribution in [3.05, 3.63) is 32.6 Å². The largest absolute Gasteiger partial charge is 0.423 e. The van der Waals surface area contributed by atoms with Crippen molar-refractivity contribution in [1.82, 2.24) is 9.55 Å². The number of hydrogen-bond acceptors (Lipinski definition) is 5. The number of halogens is 3. The molecule has 2 rings (SSSR count). The van der Waals surface area contributed by atoms with E-state index in [0.29, 0.717) is 10.8 Å². The molecule has 0 aliphatic carbocycles. The van der Waals surface area contributed by atoms with Crippen molar-refractivity contribution in [3.8, 4) is 0 Å². The van der Waals surface area contributed by atoms with Crippen LogP contribution in [0.2, 0.25) is 0 Å². The minimum Gasteiger partial charge on any atom is -0.394 e. The summed E-state index contributed by atoms with van der Waals surface area (Å²) < 4.78 is 43.4. The fourth-order valence-corrected chi connectivity index (χ4v) is 1.95. The summed E-state index contributed by atoms with van der Waals surface area (Å²) in [6, 6.07) is 0. The molecule has 0 spiro atoms. The fraction of sp³-hybridized carbons (Fsp3) is 0.600. The van der Waals surface area contributed by atoms with Crippen molar-refractivity contribution in [1.29, 1.82) is 0 Å². The van der Waals surface area contributed by atoms with Gasteiger partial charge in [-0.05, 0) is 0 Å². The molecule has 1 aliphatic rings. The van der Waals surface area contributed by atoms with Crippen molar-refractivity contribution in [3.63, 3.8) is 0 Å². The van der Waals surface area contributed by atoms with Gasteiger partial charge >= 0.3 is 11.9 Å². The number of nitrogens with one attached hydrogen (secondary N) is 1. The lowest BCUT2D eigenvalue weighted by atomic mass is 10.2. The quantitative estimate of drug-likeness (QED) is 0.662. The van der Waals surface area contributed by atoms with Gasteiger partial charge in [0, 0.05) is 12.6 Å². The van der Waals surface area contributed by atoms with Crippen LogP contribution >= 0.6 is 0 Å². The number of hydrogen-bond donors (Lipinski definition) is 3. The number of aliphatic hydroxyl groups excluding tert-OH is 2. The summed E-state index contributed by atoms with van der Waals surface area (Å²) in [6.07, 6.45) is -8.04. The highest BCUT2D eigenvalue weighted by atomic mass is 19.4. The van der Waals surface area contributed by atoms with Crippen LogP contribution in [0.1, 0.15) is 18.2 Å². The van der Waals surface area contributed by atoms with E-state index in [4.69, 9.17) is 9.84 Å². The molecular weight excluding hydrogens is 285 g/mol. The maximum atomic E-state index is 12.6. The minimum absolute atomic E-state index is 0.172. The Morgan fingerprint density at radius 1 is 1.45 bits per heavy atom. The third-order valence-electron chi connectivity index (χ3n) is 2.97. The third kappa shape index (κ3) is 2.62. The molecule has 1 aromatic rings. The first-order chi connectivity index (χ1) is 9.24. The number of aromatic nitrogens is 2. The van der Waals surface area contributed by atoms with Crippen molar-refractivity contribution >= 4 is 0 Å². The average molecular weight is 296 g/mol. The van der Waals surface area contributed by atoms with Crippen LogP contribution < -0.4 is 11.2 Å². The van der Waals surface area contributed by atoms with Crippen molar-refractivity contribution in [2.45, 2.75) is 31.0 Å². The molecule has 1 saturated heterocycles. The van der Waals surface area contributed by atoms with Crippen LogP contribution in [0.3, 0.4) is 0 Å². The Kier molecular flexibility index (Phi) is 3.71. The van der Waals surface area contributed by atoms with Gasteiger partial charge in [0.25, 0.3) is 5.56 Å². The predicted octanol–water partition coefficient (Wildman–Crippen LogP) is -0.804. The van der Waals surface area contributed by atoms with Crippen LogP contribution in [0.5, 0.6) is 0 Å². The molecule has 2 heterocycles. The second-order valence-electron chi connectivity index (χ2n) is 4.32. The smallest absolute Gasteiger partial charge is 0.394 e. The van der Waals surface area contributed by atoms with Crippen molar-refractivity contribution in [2.75, 3.05) is 6.61 Å². The van der Waals surface area contributed by atoms with E-state index in [1.165, 1.54) is 0 Å². The lowest BCUT2D eigenvalue weighted by molar-refractivity contribution is -0.139. The molecule has 1 aromatic heterocycles. The van der Waals surface area contributed by atoms with E-state index < -0.39 is 48.0 Å². The van der Waals surface area contributed by atoms with Gasteiger partial charge in [0.15, 0.2) is 0 Å². The summed E-state index contributed by atoms with van der Waals surface area (Å²) in [4.78, 5) is 24.2. The Labute approximate surface area is 109 Å². The normalized spacial score (nSPS) is 26.9. The Balaban J connectivity index is 2.43. The molecule has 1 aliphatic heterocycles. The zero-order chi connectivity index (χ0) is 15.1. The van der Waals surface area contributed by atoms with Crippen LogP contribution in [0, 0.1) is 0 Å². The number of alkyl halides is 3. The first kappa shape index (κ1) is 14.8. The summed E-state index contributed by atoms with van der Waals surface area (Å²) in [5.41, 5.74) is -4.17. The summed E-state index contributed by atoms with van der Waals surface area (Å²) in [5.74, 6) is 0. The fourth-order valence-electron chi connectivity index (χ4n) is 1.95. The van der Waals surface area contributed by atoms with Crippen molar-refractivity contribution < 1.29 is 28.1 Å². The summed E-state index contributed by atoms with van der Waals surface area (Å²) in [6.45, 7) is -0.540. The Hall–Kier alpha value is -1.65. The highest BCUT2D eigenvalue weighted by Crippen LogP contribution is 2.30. The lowest BCUT2D eigenvalue weighted by Gasteiger charge is -2.16. The highest BCUT2D eigenvalue weighted by molar-refractivity contribution is 5.09. The second-order valence-corrected chi connectivity index (χ2v) is 4.32. The van der Waals surface area contributed by atoms with E-state index >= 15 is 0 Å². The molecule has 0 aromatic carbocycles. The topological polar surface area (TPSA) is 105 Å². The number of H-pyrrole nitrogens is 1. The van der Waals surface area contributed by atoms with Crippen LogP contribution in [0.4, 0.5) is 13.2 Å². The maximum Gasteiger partial charge on any atom is 0.423 e. The molecule has 112 valence electrons. The van der Waals surface area contributed by atoms with E-state index in [1.807, 2.05) is 0 Å². The third-order valence-corrected chi connectivity index (χ3v) is 2.97. The van der Waals surface area contributed by atoms with Crippen LogP contribution in [-0.4, -0.2) is 38.6 Å². The summed E-state index contributed by atoms with van der Waals surface area (Å²) >= 11 is 0. The molecule has 3 atom stereocenters. The lowest BCUT2D eigenvalue weighted by Crippen LogP contribution is -2.36. The number of aliphatic hydroxyl groups is 2. The summed E-state index contributed by atoms with van der Waals surface area (Å²) in [7, 11) is 0. The molecule has 3 N–H and O–H groups in total. The molecule has 7 nitrogen and oxygen atoms in total. The Morgan fingerprint density at radius 3 is 2.60 bits per heavy atom. The zero-order valence-electron chi connectivity index (χ0n) is 9.92. The second kappa shape index (κ2) is 5.04. The molecule has 20 heavy (non-hydrogen) atoms. The van der Waals surface area contributed by atoms with Gasteiger partial charge in [-0.25, -0.2) is 4.79 Å². The predicted molar refractivity (Wildman–Crippen MR) is 57.9 cm³/mol. The highest BCUT2D eigenvalue weighted by Gasteiger charge is 2.38. The number of rotatable bonds is 2. The van der Waals surface area contributed by atoms with Gasteiger partial charge in [0.1, 0.15) is 17.9 Å². The maximum absolute atomic E-state index is 12.6. The van der Waals surface area contributed by atoms with Gasteiger partial charge in [-0.1, -0.05) is 0 Å². The Morgan fingerprint density at radius 2 is 2.10 bits per heavy atom. The average Bonchev–Trinajstić information content (AvgIpc) is 2.68. The van der Waals surface area contributed by atoms with E-state index in [2.05, 4.69) is 0 Å². The molecule has 0 amide bonds. The molecule has 0 bridgehead atoms. The van der Waals surface area contributed by atoms with Crippen LogP contribution in [0.15, 0.2) is 15.8 Å². The van der Waals surface area contributed by atoms with Gasteiger partial charge in [-0.2, -0.15) is 13.2 Å². The minimum atomic E-state index is -4.92. The van der Waals surface area contributed by atoms with E-state index in [9.17, 15) is 27.9 Å². The van der Waals surface area contributed by atoms with Gasteiger partial charge in [-0.15, -0.1) is 0 Å². The van der Waals surface area contributed by atoms with Gasteiger partial charge < -0.3 is 14.9 Å². The molecule has 10 heteroatoms. The van der Waals surface area contributed by atoms with E-state index in [0.717, 1.165) is 0 Å². The molecule has 0 radical (unpaired) electrons. The molecule has 0 saturated carbocycles. The molecule has 0 unspecified atom stereocenters. The molecule has 1 fully saturated rings. The number of ether oxygens (including phenoxy) is 1. The summed E-state index contributed by atoms with van der Waals surface area (Å²) in [5, 5.41) is 18.4. The first-order valence-corrected chi connectivity index (χ1v) is 5.61. The van der Waals surface area contributed by atoms with Gasteiger partial charge in [0.2, 0.25) is 0 Å². The standard InChI is InChI=1S/C10H11F3N2O5/c11-10(12,13)4-2-15(9(19)14-8(4)18)7-1-5(17)6(3-16)20-7/h2,5-7,16-17H,1,3H2,(H,14,18,19)/t5-,6-,7-/m1/s1. The number of nitrogens with zero attached hydrogens (tertiary/aromatic N) is 1. The SMILES string of the molecule is O=c1[nH]c(=O)n([C@H]2C[C@@H](O)[C@@H](CO)O2)cc1C(F)(F)F. The van der Waals surface area contributed by atoms with Gasteiger partial charge in [0.05, 0.1) is 12.7 Å². The van der Waals surface area contributed by atoms with E-state index in [-0.39, 0.29) is 6.42 Å². The van der Waals surface area contributed by atoms with E-state index in [1.54, 1.807) is 4.98 Å². The van der Waals surface area contributed by atoms with Gasteiger partial charge in [-0.3, -0.25) is 14.3 Å². The van der Waals surface area contributed by atoms with Crippen LogP contribution in [-0.2, 0) is 10.9 Å². The van der Waals surface area contributed by atoms with Crippen LogP contribution in [0.25, 0.3) is 0 Å². The molecular formula is C10H11F3N2O5. The number of aromatic amines is 1. The zero-order valence-corrected chi connectivity index (χ0v) is 9.92.